The second-order valence-corrected chi connectivity index (χ2v) is 7.97. The summed E-state index contributed by atoms with van der Waals surface area (Å²) in [4.78, 5) is 0.190. The highest BCUT2D eigenvalue weighted by atomic mass is 32.2. The van der Waals surface area contributed by atoms with Crippen molar-refractivity contribution < 1.29 is 12.8 Å². The van der Waals surface area contributed by atoms with Crippen LogP contribution in [-0.4, -0.2) is 8.42 Å². The minimum absolute atomic E-state index is 0.190. The third-order valence-electron chi connectivity index (χ3n) is 3.41. The zero-order chi connectivity index (χ0) is 16.5. The van der Waals surface area contributed by atoms with E-state index < -0.39 is 15.8 Å². The lowest BCUT2D eigenvalue weighted by atomic mass is 9.86. The fourth-order valence-corrected chi connectivity index (χ4v) is 3.55. The summed E-state index contributed by atoms with van der Waals surface area (Å²) in [5.74, 6) is -0.419. The molecule has 0 spiro atoms. The molecule has 0 amide bonds. The zero-order valence-corrected chi connectivity index (χ0v) is 14.0. The summed E-state index contributed by atoms with van der Waals surface area (Å²) in [6.07, 6.45) is 0. The molecule has 0 atom stereocenters. The summed E-state index contributed by atoms with van der Waals surface area (Å²) in [5.41, 5.74) is 1.07. The Morgan fingerprint density at radius 2 is 1.68 bits per heavy atom. The summed E-state index contributed by atoms with van der Waals surface area (Å²) < 4.78 is 41.4. The molecule has 118 valence electrons. The van der Waals surface area contributed by atoms with Gasteiger partial charge in [0.1, 0.15) is 5.82 Å². The Morgan fingerprint density at radius 1 is 1.05 bits per heavy atom. The van der Waals surface area contributed by atoms with Gasteiger partial charge in [-0.15, -0.1) is 0 Å². The van der Waals surface area contributed by atoms with E-state index in [1.165, 1.54) is 12.1 Å². The molecule has 0 saturated carbocycles. The summed E-state index contributed by atoms with van der Waals surface area (Å²) in [6.45, 7) is 7.44. The molecular weight excluding hydrogens is 301 g/mol. The number of hydrogen-bond acceptors (Lipinski definition) is 2. The largest absolute Gasteiger partial charge is 0.280 e. The zero-order valence-electron chi connectivity index (χ0n) is 13.1. The van der Waals surface area contributed by atoms with Crippen molar-refractivity contribution in [2.45, 2.75) is 38.0 Å². The van der Waals surface area contributed by atoms with E-state index in [4.69, 9.17) is 0 Å². The molecule has 0 aromatic heterocycles. The summed E-state index contributed by atoms with van der Waals surface area (Å²) in [7, 11) is -3.73. The van der Waals surface area contributed by atoms with Crippen LogP contribution in [0.2, 0.25) is 0 Å². The number of aryl methyl sites for hydroxylation is 1. The molecule has 0 radical (unpaired) electrons. The van der Waals surface area contributed by atoms with Gasteiger partial charge in [-0.3, -0.25) is 4.72 Å². The minimum Gasteiger partial charge on any atom is -0.280 e. The monoisotopic (exact) mass is 321 g/mol. The smallest absolute Gasteiger partial charge is 0.262 e. The fraction of sp³-hybridized carbons (Fsp3) is 0.294. The maximum atomic E-state index is 14.2. The molecule has 2 rings (SSSR count). The van der Waals surface area contributed by atoms with E-state index in [0.717, 1.165) is 0 Å². The predicted molar refractivity (Wildman–Crippen MR) is 87.1 cm³/mol. The SMILES string of the molecule is Cc1ccccc1S(=O)(=O)Nc1ccc(C(C)(C)C)c(F)c1. The topological polar surface area (TPSA) is 46.2 Å². The fourth-order valence-electron chi connectivity index (χ4n) is 2.25. The third-order valence-corrected chi connectivity index (χ3v) is 4.95. The maximum Gasteiger partial charge on any atom is 0.262 e. The summed E-state index contributed by atoms with van der Waals surface area (Å²) in [5, 5.41) is 0. The molecule has 1 N–H and O–H groups in total. The average molecular weight is 321 g/mol. The minimum atomic E-state index is -3.73. The van der Waals surface area contributed by atoms with Gasteiger partial charge >= 0.3 is 0 Å². The van der Waals surface area contributed by atoms with Crippen LogP contribution >= 0.6 is 0 Å². The summed E-state index contributed by atoms with van der Waals surface area (Å²) in [6, 6.07) is 11.1. The molecule has 0 aliphatic carbocycles. The maximum absolute atomic E-state index is 14.2. The highest BCUT2D eigenvalue weighted by molar-refractivity contribution is 7.92. The van der Waals surface area contributed by atoms with Gasteiger partial charge in [0.25, 0.3) is 10.0 Å². The molecule has 2 aromatic carbocycles. The molecule has 22 heavy (non-hydrogen) atoms. The molecular formula is C17H20FNO2S. The van der Waals surface area contributed by atoms with Crippen LogP contribution in [-0.2, 0) is 15.4 Å². The van der Waals surface area contributed by atoms with Crippen LogP contribution in [0.15, 0.2) is 47.4 Å². The van der Waals surface area contributed by atoms with E-state index >= 15 is 0 Å². The second kappa shape index (κ2) is 5.72. The molecule has 0 bridgehead atoms. The Hall–Kier alpha value is -1.88. The van der Waals surface area contributed by atoms with E-state index in [9.17, 15) is 12.8 Å². The van der Waals surface area contributed by atoms with Crippen molar-refractivity contribution in [2.75, 3.05) is 4.72 Å². The van der Waals surface area contributed by atoms with Crippen LogP contribution in [0.4, 0.5) is 10.1 Å². The standard InChI is InChI=1S/C17H20FNO2S/c1-12-7-5-6-8-16(12)22(20,21)19-13-9-10-14(15(18)11-13)17(2,3)4/h5-11,19H,1-4H3. The van der Waals surface area contributed by atoms with Gasteiger partial charge in [0, 0.05) is 0 Å². The van der Waals surface area contributed by atoms with Crippen molar-refractivity contribution >= 4 is 15.7 Å². The van der Waals surface area contributed by atoms with Gasteiger partial charge in [0.05, 0.1) is 10.6 Å². The lowest BCUT2D eigenvalue weighted by Gasteiger charge is -2.20. The number of rotatable bonds is 3. The van der Waals surface area contributed by atoms with Crippen molar-refractivity contribution in [3.05, 3.63) is 59.4 Å². The van der Waals surface area contributed by atoms with Crippen LogP contribution in [0.5, 0.6) is 0 Å². The van der Waals surface area contributed by atoms with E-state index in [1.54, 1.807) is 37.3 Å². The number of sulfonamides is 1. The molecule has 0 aliphatic rings. The Balaban J connectivity index is 2.36. The van der Waals surface area contributed by atoms with Crippen molar-refractivity contribution in [1.29, 1.82) is 0 Å². The van der Waals surface area contributed by atoms with Crippen molar-refractivity contribution in [2.24, 2.45) is 0 Å². The lowest BCUT2D eigenvalue weighted by molar-refractivity contribution is 0.523. The van der Waals surface area contributed by atoms with Crippen LogP contribution in [0.25, 0.3) is 0 Å². The van der Waals surface area contributed by atoms with Crippen LogP contribution in [0, 0.1) is 12.7 Å². The molecule has 0 unspecified atom stereocenters. The number of benzene rings is 2. The molecule has 0 saturated heterocycles. The highest BCUT2D eigenvalue weighted by Crippen LogP contribution is 2.28. The first kappa shape index (κ1) is 16.5. The van der Waals surface area contributed by atoms with Crippen molar-refractivity contribution in [3.8, 4) is 0 Å². The molecule has 0 fully saturated rings. The Kier molecular flexibility index (Phi) is 4.29. The van der Waals surface area contributed by atoms with Gasteiger partial charge in [0.2, 0.25) is 0 Å². The average Bonchev–Trinajstić information content (AvgIpc) is 2.36. The molecule has 2 aromatic rings. The first-order chi connectivity index (χ1) is 10.1. The van der Waals surface area contributed by atoms with Gasteiger partial charge in [0.15, 0.2) is 0 Å². The Morgan fingerprint density at radius 3 is 2.23 bits per heavy atom. The van der Waals surface area contributed by atoms with Gasteiger partial charge in [-0.25, -0.2) is 12.8 Å². The van der Waals surface area contributed by atoms with Gasteiger partial charge in [-0.1, -0.05) is 45.0 Å². The Labute approximate surface area is 131 Å². The van der Waals surface area contributed by atoms with E-state index in [2.05, 4.69) is 4.72 Å². The van der Waals surface area contributed by atoms with Gasteiger partial charge in [-0.05, 0) is 41.7 Å². The quantitative estimate of drug-likeness (QED) is 0.919. The highest BCUT2D eigenvalue weighted by Gasteiger charge is 2.20. The van der Waals surface area contributed by atoms with Crippen LogP contribution in [0.1, 0.15) is 31.9 Å². The molecule has 0 heterocycles. The van der Waals surface area contributed by atoms with Crippen LogP contribution in [0.3, 0.4) is 0 Å². The molecule has 0 aliphatic heterocycles. The van der Waals surface area contributed by atoms with E-state index in [0.29, 0.717) is 11.1 Å². The number of halogens is 1. The lowest BCUT2D eigenvalue weighted by Crippen LogP contribution is -2.16. The predicted octanol–water partition coefficient (Wildman–Crippen LogP) is 4.23. The number of nitrogens with one attached hydrogen (secondary N) is 1. The van der Waals surface area contributed by atoms with Crippen molar-refractivity contribution in [3.63, 3.8) is 0 Å². The number of anilines is 1. The second-order valence-electron chi connectivity index (χ2n) is 6.32. The number of hydrogen-bond donors (Lipinski definition) is 1. The summed E-state index contributed by atoms with van der Waals surface area (Å²) >= 11 is 0. The third kappa shape index (κ3) is 3.47. The molecule has 3 nitrogen and oxygen atoms in total. The van der Waals surface area contributed by atoms with Gasteiger partial charge < -0.3 is 0 Å². The molecule has 5 heteroatoms. The van der Waals surface area contributed by atoms with E-state index in [1.807, 2.05) is 20.8 Å². The normalized spacial score (nSPS) is 12.2. The first-order valence-corrected chi connectivity index (χ1v) is 8.48. The van der Waals surface area contributed by atoms with Crippen molar-refractivity contribution in [1.82, 2.24) is 0 Å². The van der Waals surface area contributed by atoms with Crippen LogP contribution < -0.4 is 4.72 Å². The van der Waals surface area contributed by atoms with E-state index in [-0.39, 0.29) is 16.0 Å². The Bertz CT molecular complexity index is 793. The van der Waals surface area contributed by atoms with Gasteiger partial charge in [-0.2, -0.15) is 0 Å². The first-order valence-electron chi connectivity index (χ1n) is 7.00.